The molecule has 7 heteroatoms. The molecule has 0 amide bonds. The van der Waals surface area contributed by atoms with Gasteiger partial charge in [-0.3, -0.25) is 10.1 Å². The minimum Gasteiger partial charge on any atom is -0.480 e. The van der Waals surface area contributed by atoms with Gasteiger partial charge in [-0.15, -0.1) is 0 Å². The summed E-state index contributed by atoms with van der Waals surface area (Å²) < 4.78 is 27.6. The first-order valence-corrected chi connectivity index (χ1v) is 6.11. The van der Waals surface area contributed by atoms with Gasteiger partial charge in [0.15, 0.2) is 9.84 Å². The number of carboxylic acid groups (broad SMARTS) is 1. The Kier molecular flexibility index (Phi) is 2.24. The average molecular weight is 221 g/mol. The summed E-state index contributed by atoms with van der Waals surface area (Å²) in [6.45, 7) is 0.0338. The predicted molar refractivity (Wildman–Crippen MR) is 46.7 cm³/mol. The molecule has 2 saturated heterocycles. The van der Waals surface area contributed by atoms with E-state index in [0.717, 1.165) is 0 Å². The Bertz CT molecular complexity index is 351. The number of carbonyl (C=O) groups is 1. The minimum absolute atomic E-state index is 0.00297. The van der Waals surface area contributed by atoms with Crippen molar-refractivity contribution < 1.29 is 23.1 Å². The molecule has 80 valence electrons. The molecule has 2 aliphatic heterocycles. The van der Waals surface area contributed by atoms with Gasteiger partial charge in [0.25, 0.3) is 0 Å². The molecule has 3 unspecified atom stereocenters. The lowest BCUT2D eigenvalue weighted by atomic mass is 10.1. The summed E-state index contributed by atoms with van der Waals surface area (Å²) in [5.41, 5.74) is 0. The molecule has 6 nitrogen and oxygen atoms in total. The molecule has 2 fully saturated rings. The van der Waals surface area contributed by atoms with E-state index in [9.17, 15) is 13.2 Å². The van der Waals surface area contributed by atoms with Gasteiger partial charge >= 0.3 is 5.97 Å². The molecule has 2 rings (SSSR count). The van der Waals surface area contributed by atoms with Crippen molar-refractivity contribution in [3.63, 3.8) is 0 Å². The molecule has 2 aliphatic rings. The highest BCUT2D eigenvalue weighted by Gasteiger charge is 2.43. The van der Waals surface area contributed by atoms with Crippen molar-refractivity contribution in [3.8, 4) is 0 Å². The number of sulfone groups is 1. The molecule has 0 aromatic rings. The van der Waals surface area contributed by atoms with Gasteiger partial charge in [0.2, 0.25) is 0 Å². The van der Waals surface area contributed by atoms with Crippen LogP contribution in [0.25, 0.3) is 0 Å². The lowest BCUT2D eigenvalue weighted by Gasteiger charge is -2.30. The first kappa shape index (κ1) is 9.88. The van der Waals surface area contributed by atoms with E-state index in [4.69, 9.17) is 9.84 Å². The lowest BCUT2D eigenvalue weighted by molar-refractivity contribution is -0.144. The topological polar surface area (TPSA) is 92.7 Å². The third-order valence-electron chi connectivity index (χ3n) is 2.49. The van der Waals surface area contributed by atoms with E-state index < -0.39 is 21.8 Å². The number of morpholine rings is 1. The zero-order valence-electron chi connectivity index (χ0n) is 7.34. The van der Waals surface area contributed by atoms with Crippen molar-refractivity contribution >= 4 is 15.8 Å². The first-order valence-electron chi connectivity index (χ1n) is 4.29. The molecule has 0 bridgehead atoms. The van der Waals surface area contributed by atoms with Gasteiger partial charge < -0.3 is 9.84 Å². The molecule has 2 N–H and O–H groups in total. The number of aliphatic carboxylic acids is 1. The van der Waals surface area contributed by atoms with Gasteiger partial charge in [-0.2, -0.15) is 0 Å². The molecule has 14 heavy (non-hydrogen) atoms. The van der Waals surface area contributed by atoms with Crippen molar-refractivity contribution in [2.45, 2.75) is 18.2 Å². The zero-order chi connectivity index (χ0) is 10.3. The molecular formula is C7H11NO5S. The highest BCUT2D eigenvalue weighted by atomic mass is 32.2. The van der Waals surface area contributed by atoms with Gasteiger partial charge in [-0.05, 0) is 0 Å². The maximum absolute atomic E-state index is 11.2. The van der Waals surface area contributed by atoms with E-state index in [0.29, 0.717) is 0 Å². The highest BCUT2D eigenvalue weighted by molar-refractivity contribution is 7.91. The Morgan fingerprint density at radius 3 is 2.79 bits per heavy atom. The fraction of sp³-hybridized carbons (Fsp3) is 0.857. The predicted octanol–water partition coefficient (Wildman–Crippen LogP) is -1.77. The summed E-state index contributed by atoms with van der Waals surface area (Å²) in [7, 11) is -3.06. The molecule has 0 saturated carbocycles. The summed E-state index contributed by atoms with van der Waals surface area (Å²) in [6, 6.07) is -1.15. The monoisotopic (exact) mass is 221 g/mol. The van der Waals surface area contributed by atoms with Gasteiger partial charge in [0.05, 0.1) is 24.2 Å². The maximum atomic E-state index is 11.2. The fourth-order valence-corrected chi connectivity index (χ4v) is 3.63. The Hall–Kier alpha value is -0.660. The smallest absolute Gasteiger partial charge is 0.323 e. The van der Waals surface area contributed by atoms with Gasteiger partial charge in [-0.1, -0.05) is 0 Å². The molecule has 0 aromatic heterocycles. The maximum Gasteiger partial charge on any atom is 0.323 e. The number of nitrogens with one attached hydrogen (secondary N) is 1. The number of hydrogen-bond donors (Lipinski definition) is 2. The van der Waals surface area contributed by atoms with Crippen LogP contribution in [0.15, 0.2) is 0 Å². The van der Waals surface area contributed by atoms with E-state index >= 15 is 0 Å². The minimum atomic E-state index is -3.06. The standard InChI is InChI=1S/C7H11NO5S/c9-7(10)4-1-13-6-3-14(11,12)2-5(6)8-4/h4-6,8H,1-3H2,(H,9,10). The van der Waals surface area contributed by atoms with Gasteiger partial charge in [0, 0.05) is 6.04 Å². The Morgan fingerprint density at radius 2 is 2.14 bits per heavy atom. The summed E-state index contributed by atoms with van der Waals surface area (Å²) >= 11 is 0. The van der Waals surface area contributed by atoms with Gasteiger partial charge in [0.1, 0.15) is 6.04 Å². The van der Waals surface area contributed by atoms with E-state index in [2.05, 4.69) is 5.32 Å². The van der Waals surface area contributed by atoms with E-state index in [-0.39, 0.29) is 30.3 Å². The van der Waals surface area contributed by atoms with Crippen LogP contribution < -0.4 is 5.32 Å². The molecular weight excluding hydrogens is 210 g/mol. The van der Waals surface area contributed by atoms with Crippen molar-refractivity contribution in [1.29, 1.82) is 0 Å². The second-order valence-corrected chi connectivity index (χ2v) is 5.77. The molecule has 0 radical (unpaired) electrons. The Morgan fingerprint density at radius 1 is 1.43 bits per heavy atom. The van der Waals surface area contributed by atoms with Crippen LogP contribution in [0.4, 0.5) is 0 Å². The average Bonchev–Trinajstić information content (AvgIpc) is 2.36. The van der Waals surface area contributed by atoms with Crippen LogP contribution in [0.3, 0.4) is 0 Å². The number of carboxylic acids is 1. The first-order chi connectivity index (χ1) is 6.48. The second kappa shape index (κ2) is 3.18. The van der Waals surface area contributed by atoms with Crippen LogP contribution in [0.2, 0.25) is 0 Å². The largest absolute Gasteiger partial charge is 0.480 e. The van der Waals surface area contributed by atoms with Crippen molar-refractivity contribution in [2.75, 3.05) is 18.1 Å². The highest BCUT2D eigenvalue weighted by Crippen LogP contribution is 2.20. The SMILES string of the molecule is O=C(O)C1COC2CS(=O)(=O)CC2N1. The zero-order valence-corrected chi connectivity index (χ0v) is 8.16. The summed E-state index contributed by atoms with van der Waals surface area (Å²) in [5, 5.41) is 11.5. The number of fused-ring (bicyclic) bond motifs is 1. The third-order valence-corrected chi connectivity index (χ3v) is 4.19. The van der Waals surface area contributed by atoms with Crippen LogP contribution in [-0.2, 0) is 19.4 Å². The van der Waals surface area contributed by atoms with Gasteiger partial charge in [-0.25, -0.2) is 8.42 Å². The van der Waals surface area contributed by atoms with Crippen molar-refractivity contribution in [1.82, 2.24) is 5.32 Å². The molecule has 2 heterocycles. The number of hydrogen-bond acceptors (Lipinski definition) is 5. The summed E-state index contributed by atoms with van der Waals surface area (Å²) in [5.74, 6) is -1.04. The third kappa shape index (κ3) is 1.75. The Balaban J connectivity index is 2.09. The van der Waals surface area contributed by atoms with Crippen LogP contribution in [-0.4, -0.2) is 55.8 Å². The molecule has 0 spiro atoms. The Labute approximate surface area is 81.2 Å². The summed E-state index contributed by atoms with van der Waals surface area (Å²) in [4.78, 5) is 10.6. The van der Waals surface area contributed by atoms with E-state index in [1.807, 2.05) is 0 Å². The van der Waals surface area contributed by atoms with Crippen LogP contribution in [0.5, 0.6) is 0 Å². The second-order valence-electron chi connectivity index (χ2n) is 3.61. The summed E-state index contributed by atoms with van der Waals surface area (Å²) in [6.07, 6.45) is -0.379. The van der Waals surface area contributed by atoms with Crippen LogP contribution >= 0.6 is 0 Å². The van der Waals surface area contributed by atoms with Crippen molar-refractivity contribution in [3.05, 3.63) is 0 Å². The number of ether oxygens (including phenoxy) is 1. The van der Waals surface area contributed by atoms with E-state index in [1.54, 1.807) is 0 Å². The van der Waals surface area contributed by atoms with Crippen molar-refractivity contribution in [2.24, 2.45) is 0 Å². The van der Waals surface area contributed by atoms with Crippen LogP contribution in [0, 0.1) is 0 Å². The fourth-order valence-electron chi connectivity index (χ4n) is 1.80. The van der Waals surface area contributed by atoms with Crippen LogP contribution in [0.1, 0.15) is 0 Å². The molecule has 0 aliphatic carbocycles. The number of rotatable bonds is 1. The lowest BCUT2D eigenvalue weighted by Crippen LogP contribution is -2.56. The quantitative estimate of drug-likeness (QED) is 0.544. The normalized spacial score (nSPS) is 40.4. The molecule has 0 aromatic carbocycles. The van der Waals surface area contributed by atoms with E-state index in [1.165, 1.54) is 0 Å². The molecule has 3 atom stereocenters.